The van der Waals surface area contributed by atoms with E-state index in [4.69, 9.17) is 0 Å². The monoisotopic (exact) mass is 163 g/mol. The summed E-state index contributed by atoms with van der Waals surface area (Å²) in [5.74, 6) is 0. The van der Waals surface area contributed by atoms with Crippen molar-refractivity contribution in [1.29, 1.82) is 0 Å². The summed E-state index contributed by atoms with van der Waals surface area (Å²) in [5, 5.41) is 3.05. The smallest absolute Gasteiger partial charge is 0.150 e. The Morgan fingerprint density at radius 1 is 1.42 bits per heavy atom. The number of hydrogen-bond acceptors (Lipinski definition) is 2. The summed E-state index contributed by atoms with van der Waals surface area (Å²) in [6.45, 7) is 0.908. The molecule has 0 unspecified atom stereocenters. The van der Waals surface area contributed by atoms with Gasteiger partial charge in [0.05, 0.1) is 0 Å². The fourth-order valence-electron chi connectivity index (χ4n) is 1.14. The molecule has 2 nitrogen and oxygen atoms in total. The number of aldehydes is 1. The topological polar surface area (TPSA) is 29.1 Å². The molecule has 0 saturated heterocycles. The van der Waals surface area contributed by atoms with Gasteiger partial charge in [-0.15, -0.1) is 0 Å². The van der Waals surface area contributed by atoms with Gasteiger partial charge in [-0.3, -0.25) is 4.79 Å². The second kappa shape index (κ2) is 4.67. The van der Waals surface area contributed by atoms with Gasteiger partial charge < -0.3 is 5.32 Å². The molecule has 0 bridgehead atoms. The molecule has 0 saturated carbocycles. The fourth-order valence-corrected chi connectivity index (χ4v) is 1.14. The first-order valence-corrected chi connectivity index (χ1v) is 4.06. The van der Waals surface area contributed by atoms with Crippen molar-refractivity contribution in [3.05, 3.63) is 35.4 Å². The Balaban J connectivity index is 2.75. The van der Waals surface area contributed by atoms with E-state index in [0.29, 0.717) is 0 Å². The molecule has 0 aliphatic rings. The maximum atomic E-state index is 10.6. The molecule has 0 heterocycles. The molecule has 1 aromatic carbocycles. The van der Waals surface area contributed by atoms with Crippen LogP contribution in [0.4, 0.5) is 0 Å². The maximum absolute atomic E-state index is 10.6. The molecule has 0 atom stereocenters. The first-order valence-electron chi connectivity index (χ1n) is 4.06. The normalized spacial score (nSPS) is 9.75. The van der Waals surface area contributed by atoms with Crippen molar-refractivity contribution >= 4 is 6.29 Å². The van der Waals surface area contributed by atoms with E-state index < -0.39 is 0 Å². The van der Waals surface area contributed by atoms with Crippen molar-refractivity contribution in [3.63, 3.8) is 0 Å². The van der Waals surface area contributed by atoms with Gasteiger partial charge >= 0.3 is 0 Å². The lowest BCUT2D eigenvalue weighted by Gasteiger charge is -2.02. The van der Waals surface area contributed by atoms with E-state index in [1.54, 1.807) is 0 Å². The van der Waals surface area contributed by atoms with Crippen LogP contribution >= 0.6 is 0 Å². The molecule has 0 aromatic heterocycles. The number of benzene rings is 1. The Morgan fingerprint density at radius 3 is 2.83 bits per heavy atom. The minimum absolute atomic E-state index is 0.799. The molecule has 12 heavy (non-hydrogen) atoms. The zero-order valence-corrected chi connectivity index (χ0v) is 7.21. The van der Waals surface area contributed by atoms with Gasteiger partial charge in [0.1, 0.15) is 6.29 Å². The summed E-state index contributed by atoms with van der Waals surface area (Å²) in [4.78, 5) is 10.6. The lowest BCUT2D eigenvalue weighted by atomic mass is 10.1. The Bertz CT molecular complexity index is 258. The Hall–Kier alpha value is -1.15. The fraction of sp³-hybridized carbons (Fsp3) is 0.300. The molecule has 64 valence electrons. The quantitative estimate of drug-likeness (QED) is 0.677. The molecule has 1 aromatic rings. The number of carbonyl (C=O) groups is 1. The van der Waals surface area contributed by atoms with Crippen LogP contribution in [0.1, 0.15) is 15.9 Å². The molecule has 1 N–H and O–H groups in total. The van der Waals surface area contributed by atoms with Crippen LogP contribution in [0.25, 0.3) is 0 Å². The lowest BCUT2D eigenvalue weighted by Crippen LogP contribution is -2.11. The predicted molar refractivity (Wildman–Crippen MR) is 49.5 cm³/mol. The summed E-state index contributed by atoms with van der Waals surface area (Å²) in [6.07, 6.45) is 1.82. The first-order chi connectivity index (χ1) is 5.88. The molecule has 0 aliphatic heterocycles. The lowest BCUT2D eigenvalue weighted by molar-refractivity contribution is 0.112. The number of nitrogens with one attached hydrogen (secondary N) is 1. The Kier molecular flexibility index (Phi) is 3.48. The highest BCUT2D eigenvalue weighted by Gasteiger charge is 1.97. The van der Waals surface area contributed by atoms with Gasteiger partial charge in [-0.25, -0.2) is 0 Å². The van der Waals surface area contributed by atoms with E-state index in [1.807, 2.05) is 31.3 Å². The third-order valence-corrected chi connectivity index (χ3v) is 1.83. The number of rotatable bonds is 4. The van der Waals surface area contributed by atoms with Gasteiger partial charge in [-0.1, -0.05) is 24.3 Å². The van der Waals surface area contributed by atoms with E-state index in [9.17, 15) is 4.79 Å². The van der Waals surface area contributed by atoms with Crippen molar-refractivity contribution in [2.75, 3.05) is 13.6 Å². The van der Waals surface area contributed by atoms with Crippen LogP contribution in [0, 0.1) is 0 Å². The molecule has 0 amide bonds. The van der Waals surface area contributed by atoms with Crippen LogP contribution < -0.4 is 5.32 Å². The Morgan fingerprint density at radius 2 is 2.17 bits per heavy atom. The number of carbonyl (C=O) groups excluding carboxylic acids is 1. The minimum atomic E-state index is 0.799. The highest BCUT2D eigenvalue weighted by atomic mass is 16.1. The van der Waals surface area contributed by atoms with Crippen LogP contribution in [0.3, 0.4) is 0 Å². The third-order valence-electron chi connectivity index (χ3n) is 1.83. The SMILES string of the molecule is CNCCc1ccccc1C=O. The van der Waals surface area contributed by atoms with Crippen LogP contribution in [-0.4, -0.2) is 19.9 Å². The van der Waals surface area contributed by atoms with Crippen molar-refractivity contribution in [2.45, 2.75) is 6.42 Å². The van der Waals surface area contributed by atoms with Gasteiger partial charge in [-0.05, 0) is 25.6 Å². The van der Waals surface area contributed by atoms with Crippen molar-refractivity contribution in [1.82, 2.24) is 5.32 Å². The molecule has 2 heteroatoms. The van der Waals surface area contributed by atoms with Gasteiger partial charge in [0, 0.05) is 5.56 Å². The minimum Gasteiger partial charge on any atom is -0.319 e. The highest BCUT2D eigenvalue weighted by Crippen LogP contribution is 2.05. The summed E-state index contributed by atoms with van der Waals surface area (Å²) in [6, 6.07) is 7.67. The Labute approximate surface area is 72.6 Å². The summed E-state index contributed by atoms with van der Waals surface area (Å²) >= 11 is 0. The number of likely N-dealkylation sites (N-methyl/N-ethyl adjacent to an activating group) is 1. The second-order valence-electron chi connectivity index (χ2n) is 2.67. The maximum Gasteiger partial charge on any atom is 0.150 e. The van der Waals surface area contributed by atoms with Gasteiger partial charge in [0.2, 0.25) is 0 Å². The average molecular weight is 163 g/mol. The van der Waals surface area contributed by atoms with Gasteiger partial charge in [0.25, 0.3) is 0 Å². The molecule has 0 radical (unpaired) electrons. The molecule has 0 spiro atoms. The summed E-state index contributed by atoms with van der Waals surface area (Å²) in [7, 11) is 1.91. The van der Waals surface area contributed by atoms with Gasteiger partial charge in [-0.2, -0.15) is 0 Å². The largest absolute Gasteiger partial charge is 0.319 e. The predicted octanol–water partition coefficient (Wildman–Crippen LogP) is 1.26. The second-order valence-corrected chi connectivity index (χ2v) is 2.67. The van der Waals surface area contributed by atoms with E-state index >= 15 is 0 Å². The summed E-state index contributed by atoms with van der Waals surface area (Å²) in [5.41, 5.74) is 1.91. The molecular weight excluding hydrogens is 150 g/mol. The van der Waals surface area contributed by atoms with Crippen molar-refractivity contribution in [2.24, 2.45) is 0 Å². The third kappa shape index (κ3) is 2.17. The van der Waals surface area contributed by atoms with Crippen LogP contribution in [0.5, 0.6) is 0 Å². The zero-order chi connectivity index (χ0) is 8.81. The van der Waals surface area contributed by atoms with E-state index in [2.05, 4.69) is 5.32 Å². The molecule has 0 fully saturated rings. The molecule has 0 aliphatic carbocycles. The van der Waals surface area contributed by atoms with Crippen LogP contribution in [-0.2, 0) is 6.42 Å². The molecular formula is C10H13NO. The van der Waals surface area contributed by atoms with E-state index in [0.717, 1.165) is 30.4 Å². The van der Waals surface area contributed by atoms with E-state index in [1.165, 1.54) is 0 Å². The van der Waals surface area contributed by atoms with Crippen LogP contribution in [0.15, 0.2) is 24.3 Å². The number of hydrogen-bond donors (Lipinski definition) is 1. The van der Waals surface area contributed by atoms with Crippen LogP contribution in [0.2, 0.25) is 0 Å². The standard InChI is InChI=1S/C10H13NO/c1-11-7-6-9-4-2-3-5-10(9)8-12/h2-5,8,11H,6-7H2,1H3. The molecule has 1 rings (SSSR count). The zero-order valence-electron chi connectivity index (χ0n) is 7.21. The first kappa shape index (κ1) is 8.94. The van der Waals surface area contributed by atoms with Crippen molar-refractivity contribution in [3.8, 4) is 0 Å². The summed E-state index contributed by atoms with van der Waals surface area (Å²) < 4.78 is 0. The van der Waals surface area contributed by atoms with Crippen molar-refractivity contribution < 1.29 is 4.79 Å². The average Bonchev–Trinajstić information content (AvgIpc) is 2.15. The highest BCUT2D eigenvalue weighted by molar-refractivity contribution is 5.77. The van der Waals surface area contributed by atoms with Gasteiger partial charge in [0.15, 0.2) is 0 Å². The van der Waals surface area contributed by atoms with E-state index in [-0.39, 0.29) is 0 Å².